The average Bonchev–Trinajstić information content (AvgIpc) is 3.47. The van der Waals surface area contributed by atoms with E-state index in [2.05, 4.69) is 15.2 Å². The Hall–Kier alpha value is -4.11. The Morgan fingerprint density at radius 2 is 2.11 bits per heavy atom. The van der Waals surface area contributed by atoms with Crippen molar-refractivity contribution in [3.05, 3.63) is 76.6 Å². The van der Waals surface area contributed by atoms with Crippen LogP contribution in [0.4, 0.5) is 5.69 Å². The monoisotopic (exact) mass is 473 g/mol. The Balaban J connectivity index is 1.36. The molecule has 35 heavy (non-hydrogen) atoms. The Bertz CT molecular complexity index is 1340. The normalized spacial score (nSPS) is 20.1. The first-order valence-electron chi connectivity index (χ1n) is 11.3. The molecular weight excluding hydrogens is 450 g/mol. The van der Waals surface area contributed by atoms with Gasteiger partial charge in [-0.05, 0) is 49.4 Å². The van der Waals surface area contributed by atoms with E-state index < -0.39 is 12.1 Å². The zero-order valence-corrected chi connectivity index (χ0v) is 19.2. The molecule has 0 bridgehead atoms. The molecule has 0 radical (unpaired) electrons. The number of nitrogens with zero attached hydrogens (tertiary/aromatic N) is 2. The molecule has 9 nitrogen and oxygen atoms in total. The molecule has 9 heteroatoms. The van der Waals surface area contributed by atoms with Crippen LogP contribution < -0.4 is 19.5 Å². The van der Waals surface area contributed by atoms with Gasteiger partial charge in [0.2, 0.25) is 12.5 Å². The predicted octanol–water partition coefficient (Wildman–Crippen LogP) is 3.51. The molecule has 0 fully saturated rings. The summed E-state index contributed by atoms with van der Waals surface area (Å²) in [7, 11) is 3.61. The number of hydrogen-bond acceptors (Lipinski definition) is 8. The lowest BCUT2D eigenvalue weighted by molar-refractivity contribution is 0.00881. The van der Waals surface area contributed by atoms with Crippen molar-refractivity contribution in [1.82, 2.24) is 9.88 Å². The molecule has 4 heterocycles. The molecule has 1 amide bonds. The van der Waals surface area contributed by atoms with Crippen LogP contribution in [0.3, 0.4) is 0 Å². The zero-order chi connectivity index (χ0) is 24.1. The summed E-state index contributed by atoms with van der Waals surface area (Å²) in [6, 6.07) is 10.4. The first-order chi connectivity index (χ1) is 17.0. The molecule has 2 atom stereocenters. The van der Waals surface area contributed by atoms with Gasteiger partial charge in [0.1, 0.15) is 6.10 Å². The summed E-state index contributed by atoms with van der Waals surface area (Å²) in [5, 5.41) is 2.83. The maximum absolute atomic E-state index is 12.9. The molecule has 1 aromatic heterocycles. The Labute approximate surface area is 201 Å². The van der Waals surface area contributed by atoms with E-state index >= 15 is 0 Å². The minimum atomic E-state index is -0.543. The van der Waals surface area contributed by atoms with Crippen LogP contribution in [0.1, 0.15) is 49.6 Å². The highest BCUT2D eigenvalue weighted by Crippen LogP contribution is 2.54. The number of hydrogen-bond donors (Lipinski definition) is 1. The number of methoxy groups -OCH3 is 1. The molecule has 178 valence electrons. The molecule has 0 saturated carbocycles. The number of fused-ring (bicyclic) bond motifs is 3. The first-order valence-corrected chi connectivity index (χ1v) is 11.3. The number of benzene rings is 2. The SMILES string of the molecule is COc1c2c(cc3c1C(C1OC(=O)c4cc(NC(=O)c5cccnc5)ccc41)N(C)CC3)OCO2. The number of pyridine rings is 1. The van der Waals surface area contributed by atoms with Crippen molar-refractivity contribution in [3.63, 3.8) is 0 Å². The van der Waals surface area contributed by atoms with Crippen LogP contribution in [0, 0.1) is 0 Å². The van der Waals surface area contributed by atoms with Crippen molar-refractivity contribution in [1.29, 1.82) is 0 Å². The molecular formula is C26H23N3O6. The van der Waals surface area contributed by atoms with Gasteiger partial charge in [0.05, 0.1) is 24.3 Å². The second-order valence-corrected chi connectivity index (χ2v) is 8.72. The fraction of sp³-hybridized carbons (Fsp3) is 0.269. The summed E-state index contributed by atoms with van der Waals surface area (Å²) in [6.07, 6.45) is 3.36. The molecule has 0 saturated heterocycles. The second kappa shape index (κ2) is 8.28. The van der Waals surface area contributed by atoms with Gasteiger partial charge in [-0.25, -0.2) is 4.79 Å². The third kappa shape index (κ3) is 3.47. The Morgan fingerprint density at radius 1 is 1.23 bits per heavy atom. The molecule has 0 aliphatic carbocycles. The predicted molar refractivity (Wildman–Crippen MR) is 125 cm³/mol. The number of likely N-dealkylation sites (N-methyl/N-ethyl adjacent to an activating group) is 1. The van der Waals surface area contributed by atoms with Gasteiger partial charge >= 0.3 is 5.97 Å². The summed E-state index contributed by atoms with van der Waals surface area (Å²) >= 11 is 0. The third-order valence-electron chi connectivity index (χ3n) is 6.73. The number of ether oxygens (including phenoxy) is 4. The lowest BCUT2D eigenvalue weighted by atomic mass is 9.85. The summed E-state index contributed by atoms with van der Waals surface area (Å²) in [5.41, 5.74) is 4.15. The molecule has 3 aromatic rings. The van der Waals surface area contributed by atoms with Gasteiger partial charge in [-0.15, -0.1) is 0 Å². The maximum atomic E-state index is 12.9. The molecule has 3 aliphatic rings. The largest absolute Gasteiger partial charge is 0.492 e. The van der Waals surface area contributed by atoms with Gasteiger partial charge in [0, 0.05) is 35.8 Å². The fourth-order valence-electron chi connectivity index (χ4n) is 5.09. The number of nitrogens with one attached hydrogen (secondary N) is 1. The average molecular weight is 473 g/mol. The van der Waals surface area contributed by atoms with Crippen molar-refractivity contribution in [3.8, 4) is 17.2 Å². The third-order valence-corrected chi connectivity index (χ3v) is 6.73. The zero-order valence-electron chi connectivity index (χ0n) is 19.2. The summed E-state index contributed by atoms with van der Waals surface area (Å²) < 4.78 is 23.0. The van der Waals surface area contributed by atoms with Crippen LogP contribution in [-0.2, 0) is 11.2 Å². The van der Waals surface area contributed by atoms with Crippen molar-refractivity contribution < 1.29 is 28.5 Å². The van der Waals surface area contributed by atoms with Crippen LogP contribution >= 0.6 is 0 Å². The molecule has 3 aliphatic heterocycles. The highest BCUT2D eigenvalue weighted by atomic mass is 16.7. The van der Waals surface area contributed by atoms with E-state index in [0.29, 0.717) is 34.1 Å². The van der Waals surface area contributed by atoms with Crippen molar-refractivity contribution in [2.75, 3.05) is 32.8 Å². The van der Waals surface area contributed by atoms with Gasteiger partial charge in [-0.3, -0.25) is 14.7 Å². The number of esters is 1. The highest BCUT2D eigenvalue weighted by Gasteiger charge is 2.44. The molecule has 0 spiro atoms. The van der Waals surface area contributed by atoms with Crippen molar-refractivity contribution in [2.45, 2.75) is 18.6 Å². The number of anilines is 1. The Kier molecular flexibility index (Phi) is 5.07. The van der Waals surface area contributed by atoms with Gasteiger partial charge in [-0.1, -0.05) is 6.07 Å². The lowest BCUT2D eigenvalue weighted by Gasteiger charge is -2.38. The van der Waals surface area contributed by atoms with E-state index in [9.17, 15) is 9.59 Å². The van der Waals surface area contributed by atoms with Gasteiger partial charge in [-0.2, -0.15) is 0 Å². The van der Waals surface area contributed by atoms with E-state index in [1.165, 1.54) is 6.20 Å². The number of amides is 1. The lowest BCUT2D eigenvalue weighted by Crippen LogP contribution is -2.36. The van der Waals surface area contributed by atoms with E-state index in [0.717, 1.165) is 29.7 Å². The Morgan fingerprint density at radius 3 is 2.91 bits per heavy atom. The van der Waals surface area contributed by atoms with Crippen molar-refractivity contribution >= 4 is 17.6 Å². The number of carbonyl (C=O) groups is 2. The number of rotatable bonds is 4. The molecule has 1 N–H and O–H groups in total. The van der Waals surface area contributed by atoms with Crippen molar-refractivity contribution in [2.24, 2.45) is 0 Å². The van der Waals surface area contributed by atoms with Crippen LogP contribution in [0.2, 0.25) is 0 Å². The standard InChI is InChI=1S/C26H23N3O6/c1-29-9-7-14-10-19-23(34-13-33-19)24(32-2)20(14)21(29)22-17-6-5-16(11-18(17)26(31)35-22)28-25(30)15-4-3-8-27-12-15/h3-6,8,10-12,21-22H,7,9,13H2,1-2H3,(H,28,30). The minimum Gasteiger partial charge on any atom is -0.492 e. The van der Waals surface area contributed by atoms with Gasteiger partial charge in [0.25, 0.3) is 5.91 Å². The molecule has 6 rings (SSSR count). The second-order valence-electron chi connectivity index (χ2n) is 8.72. The maximum Gasteiger partial charge on any atom is 0.339 e. The summed E-state index contributed by atoms with van der Waals surface area (Å²) in [5.74, 6) is 1.12. The van der Waals surface area contributed by atoms with Gasteiger partial charge < -0.3 is 24.3 Å². The quantitative estimate of drug-likeness (QED) is 0.575. The van der Waals surface area contributed by atoms with Crippen LogP contribution in [0.5, 0.6) is 17.2 Å². The minimum absolute atomic E-state index is 0.143. The molecule has 2 unspecified atom stereocenters. The topological polar surface area (TPSA) is 99.2 Å². The fourth-order valence-corrected chi connectivity index (χ4v) is 5.09. The van der Waals surface area contributed by atoms with Crippen LogP contribution in [-0.4, -0.2) is 49.3 Å². The van der Waals surface area contributed by atoms with E-state index in [1.807, 2.05) is 19.2 Å². The number of cyclic esters (lactones) is 1. The van der Waals surface area contributed by atoms with E-state index in [1.54, 1.807) is 37.6 Å². The first kappa shape index (κ1) is 21.4. The van der Waals surface area contributed by atoms with E-state index in [-0.39, 0.29) is 18.7 Å². The molecule has 2 aromatic carbocycles. The highest BCUT2D eigenvalue weighted by molar-refractivity contribution is 6.05. The number of carbonyl (C=O) groups excluding carboxylic acids is 2. The van der Waals surface area contributed by atoms with E-state index in [4.69, 9.17) is 18.9 Å². The van der Waals surface area contributed by atoms with Crippen LogP contribution in [0.25, 0.3) is 0 Å². The van der Waals surface area contributed by atoms with Gasteiger partial charge in [0.15, 0.2) is 11.5 Å². The van der Waals surface area contributed by atoms with Crippen LogP contribution in [0.15, 0.2) is 48.8 Å². The number of aromatic nitrogens is 1. The summed E-state index contributed by atoms with van der Waals surface area (Å²) in [4.78, 5) is 31.6. The smallest absolute Gasteiger partial charge is 0.339 e. The summed E-state index contributed by atoms with van der Waals surface area (Å²) in [6.45, 7) is 0.924.